The number of aliphatic carboxylic acids is 1. The standard InChI is InChI=1S/C13H15N3O4/c1-8(2)11(6-12(17)18)15-10-5-3-4-9(7-14)13(10)16(19)20/h3-5,8,11,15H,6H2,1-2H3,(H,17,18). The highest BCUT2D eigenvalue weighted by Crippen LogP contribution is 2.29. The van der Waals surface area contributed by atoms with Gasteiger partial charge in [-0.3, -0.25) is 14.9 Å². The zero-order valence-electron chi connectivity index (χ0n) is 11.2. The van der Waals surface area contributed by atoms with Crippen molar-refractivity contribution in [1.82, 2.24) is 0 Å². The molecule has 1 rings (SSSR count). The largest absolute Gasteiger partial charge is 0.481 e. The monoisotopic (exact) mass is 277 g/mol. The molecule has 1 atom stereocenters. The Balaban J connectivity index is 3.16. The van der Waals surface area contributed by atoms with Gasteiger partial charge in [0.05, 0.1) is 11.3 Å². The molecule has 1 aromatic rings. The topological polar surface area (TPSA) is 116 Å². The van der Waals surface area contributed by atoms with Crippen molar-refractivity contribution in [1.29, 1.82) is 5.26 Å². The van der Waals surface area contributed by atoms with Crippen molar-refractivity contribution >= 4 is 17.3 Å². The van der Waals surface area contributed by atoms with Gasteiger partial charge in [-0.2, -0.15) is 5.26 Å². The first kappa shape index (κ1) is 15.4. The first-order valence-corrected chi connectivity index (χ1v) is 6.02. The number of carbonyl (C=O) groups is 1. The van der Waals surface area contributed by atoms with Gasteiger partial charge >= 0.3 is 11.7 Å². The molecule has 0 saturated carbocycles. The quantitative estimate of drug-likeness (QED) is 0.609. The van der Waals surface area contributed by atoms with Crippen molar-refractivity contribution in [3.63, 3.8) is 0 Å². The first-order valence-electron chi connectivity index (χ1n) is 6.02. The fourth-order valence-corrected chi connectivity index (χ4v) is 1.79. The molecule has 1 unspecified atom stereocenters. The Morgan fingerprint density at radius 1 is 1.55 bits per heavy atom. The van der Waals surface area contributed by atoms with Crippen LogP contribution in [0.3, 0.4) is 0 Å². The summed E-state index contributed by atoms with van der Waals surface area (Å²) in [5.74, 6) is -1.02. The molecule has 0 amide bonds. The number of rotatable bonds is 6. The van der Waals surface area contributed by atoms with E-state index in [0.29, 0.717) is 0 Å². The molecule has 1 aromatic carbocycles. The highest BCUT2D eigenvalue weighted by atomic mass is 16.6. The molecule has 20 heavy (non-hydrogen) atoms. The summed E-state index contributed by atoms with van der Waals surface area (Å²) in [5.41, 5.74) is -0.224. The molecule has 0 aliphatic rings. The second-order valence-electron chi connectivity index (χ2n) is 4.66. The van der Waals surface area contributed by atoms with E-state index < -0.39 is 16.9 Å². The Morgan fingerprint density at radius 2 is 2.20 bits per heavy atom. The summed E-state index contributed by atoms with van der Waals surface area (Å²) in [6.45, 7) is 3.64. The summed E-state index contributed by atoms with van der Waals surface area (Å²) in [5, 5.41) is 31.7. The molecule has 0 saturated heterocycles. The van der Waals surface area contributed by atoms with Gasteiger partial charge < -0.3 is 10.4 Å². The maximum atomic E-state index is 11.1. The lowest BCUT2D eigenvalue weighted by Crippen LogP contribution is -2.29. The summed E-state index contributed by atoms with van der Waals surface area (Å²) < 4.78 is 0. The minimum atomic E-state index is -0.990. The molecule has 7 nitrogen and oxygen atoms in total. The van der Waals surface area contributed by atoms with Crippen molar-refractivity contribution in [2.75, 3.05) is 5.32 Å². The van der Waals surface area contributed by atoms with Gasteiger partial charge in [-0.25, -0.2) is 0 Å². The minimum Gasteiger partial charge on any atom is -0.481 e. The second-order valence-corrected chi connectivity index (χ2v) is 4.66. The van der Waals surface area contributed by atoms with Crippen LogP contribution in [-0.4, -0.2) is 22.0 Å². The number of nitrogens with one attached hydrogen (secondary N) is 1. The highest BCUT2D eigenvalue weighted by Gasteiger charge is 2.24. The minimum absolute atomic E-state index is 0.0311. The Labute approximate surface area is 116 Å². The Hall–Kier alpha value is -2.62. The van der Waals surface area contributed by atoms with E-state index in [-0.39, 0.29) is 29.3 Å². The molecule has 0 aromatic heterocycles. The van der Waals surface area contributed by atoms with E-state index in [4.69, 9.17) is 10.4 Å². The number of nitro benzene ring substituents is 1. The van der Waals surface area contributed by atoms with Crippen LogP contribution in [0.5, 0.6) is 0 Å². The summed E-state index contributed by atoms with van der Waals surface area (Å²) >= 11 is 0. The van der Waals surface area contributed by atoms with Crippen LogP contribution in [0, 0.1) is 27.4 Å². The van der Waals surface area contributed by atoms with Gasteiger partial charge in [0.25, 0.3) is 0 Å². The Kier molecular flexibility index (Phi) is 5.03. The summed E-state index contributed by atoms with van der Waals surface area (Å²) in [6.07, 6.45) is -0.161. The van der Waals surface area contributed by atoms with E-state index in [1.807, 2.05) is 13.8 Å². The molecular weight excluding hydrogens is 262 g/mol. The first-order chi connectivity index (χ1) is 9.36. The third-order valence-electron chi connectivity index (χ3n) is 2.88. The SMILES string of the molecule is CC(C)C(CC(=O)O)Nc1cccc(C#N)c1[N+](=O)[O-]. The van der Waals surface area contributed by atoms with E-state index >= 15 is 0 Å². The molecule has 7 heteroatoms. The predicted molar refractivity (Wildman–Crippen MR) is 72.3 cm³/mol. The molecule has 0 bridgehead atoms. The zero-order valence-corrected chi connectivity index (χ0v) is 11.2. The fraction of sp³-hybridized carbons (Fsp3) is 0.385. The lowest BCUT2D eigenvalue weighted by atomic mass is 10.00. The molecular formula is C13H15N3O4. The van der Waals surface area contributed by atoms with Crippen molar-refractivity contribution in [3.05, 3.63) is 33.9 Å². The predicted octanol–water partition coefficient (Wildman–Crippen LogP) is 2.38. The van der Waals surface area contributed by atoms with E-state index in [9.17, 15) is 14.9 Å². The molecule has 0 heterocycles. The summed E-state index contributed by atoms with van der Waals surface area (Å²) in [4.78, 5) is 21.3. The number of nitro groups is 1. The van der Waals surface area contributed by atoms with E-state index in [2.05, 4.69) is 5.32 Å². The van der Waals surface area contributed by atoms with Crippen molar-refractivity contribution in [3.8, 4) is 6.07 Å². The van der Waals surface area contributed by atoms with Gasteiger partial charge in [-0.15, -0.1) is 0 Å². The zero-order chi connectivity index (χ0) is 15.3. The van der Waals surface area contributed by atoms with Gasteiger partial charge in [0, 0.05) is 6.04 Å². The normalized spacial score (nSPS) is 11.7. The van der Waals surface area contributed by atoms with Gasteiger partial charge in [-0.1, -0.05) is 19.9 Å². The highest BCUT2D eigenvalue weighted by molar-refractivity contribution is 5.71. The average Bonchev–Trinajstić information content (AvgIpc) is 2.36. The number of benzene rings is 1. The average molecular weight is 277 g/mol. The second kappa shape index (κ2) is 6.52. The number of hydrogen-bond acceptors (Lipinski definition) is 5. The molecule has 106 valence electrons. The molecule has 0 radical (unpaired) electrons. The van der Waals surface area contributed by atoms with Crippen LogP contribution < -0.4 is 5.32 Å². The van der Waals surface area contributed by atoms with Crippen molar-refractivity contribution < 1.29 is 14.8 Å². The number of nitriles is 1. The molecule has 0 fully saturated rings. The van der Waals surface area contributed by atoms with Crippen LogP contribution in [0.25, 0.3) is 0 Å². The number of carboxylic acids is 1. The lowest BCUT2D eigenvalue weighted by Gasteiger charge is -2.21. The lowest BCUT2D eigenvalue weighted by molar-refractivity contribution is -0.384. The Morgan fingerprint density at radius 3 is 2.65 bits per heavy atom. The van der Waals surface area contributed by atoms with Gasteiger partial charge in [-0.05, 0) is 18.1 Å². The summed E-state index contributed by atoms with van der Waals surface area (Å²) in [7, 11) is 0. The Bertz CT molecular complexity index is 563. The van der Waals surface area contributed by atoms with E-state index in [1.54, 1.807) is 6.07 Å². The van der Waals surface area contributed by atoms with Crippen LogP contribution in [-0.2, 0) is 4.79 Å². The molecule has 0 aliphatic heterocycles. The molecule has 0 spiro atoms. The van der Waals surface area contributed by atoms with Crippen LogP contribution >= 0.6 is 0 Å². The number of hydrogen-bond donors (Lipinski definition) is 2. The summed E-state index contributed by atoms with van der Waals surface area (Å²) in [6, 6.07) is 5.64. The third kappa shape index (κ3) is 3.68. The van der Waals surface area contributed by atoms with Crippen molar-refractivity contribution in [2.24, 2.45) is 5.92 Å². The van der Waals surface area contributed by atoms with E-state index in [1.165, 1.54) is 18.2 Å². The fourth-order valence-electron chi connectivity index (χ4n) is 1.79. The molecule has 0 aliphatic carbocycles. The number of anilines is 1. The van der Waals surface area contributed by atoms with Crippen LogP contribution in [0.15, 0.2) is 18.2 Å². The molecule has 2 N–H and O–H groups in total. The van der Waals surface area contributed by atoms with Gasteiger partial charge in [0.15, 0.2) is 0 Å². The maximum Gasteiger partial charge on any atom is 0.309 e. The third-order valence-corrected chi connectivity index (χ3v) is 2.88. The van der Waals surface area contributed by atoms with Crippen LogP contribution in [0.1, 0.15) is 25.8 Å². The van der Waals surface area contributed by atoms with Gasteiger partial charge in [0.2, 0.25) is 0 Å². The van der Waals surface area contributed by atoms with E-state index in [0.717, 1.165) is 0 Å². The van der Waals surface area contributed by atoms with Crippen LogP contribution in [0.4, 0.5) is 11.4 Å². The smallest absolute Gasteiger partial charge is 0.309 e. The number of carboxylic acid groups (broad SMARTS) is 1. The number of para-hydroxylation sites is 1. The van der Waals surface area contributed by atoms with Crippen LogP contribution in [0.2, 0.25) is 0 Å². The van der Waals surface area contributed by atoms with Crippen molar-refractivity contribution in [2.45, 2.75) is 26.3 Å². The number of nitrogens with zero attached hydrogens (tertiary/aromatic N) is 2. The van der Waals surface area contributed by atoms with Gasteiger partial charge in [0.1, 0.15) is 17.3 Å². The maximum absolute atomic E-state index is 11.1.